The third kappa shape index (κ3) is 31.7. The molecule has 2 N–H and O–H groups in total. The molecule has 0 radical (unpaired) electrons. The lowest BCUT2D eigenvalue weighted by molar-refractivity contribution is -0.160. The van der Waals surface area contributed by atoms with Crippen LogP contribution in [0.15, 0.2) is 6.20 Å². The molecule has 0 saturated carbocycles. The molecule has 0 saturated heterocycles. The lowest BCUT2D eigenvalue weighted by Crippen LogP contribution is -2.30. The first-order valence-corrected chi connectivity index (χ1v) is 21.8. The fourth-order valence-corrected chi connectivity index (χ4v) is 6.22. The van der Waals surface area contributed by atoms with E-state index in [1.54, 1.807) is 10.9 Å². The van der Waals surface area contributed by atoms with Gasteiger partial charge < -0.3 is 29.4 Å². The number of aromatic nitrogens is 3. The van der Waals surface area contributed by atoms with Crippen LogP contribution in [0.4, 0.5) is 0 Å². The number of carbonyl (C=O) groups is 3. The molecule has 314 valence electrons. The molecule has 0 aromatic carbocycles. The highest BCUT2D eigenvalue weighted by atomic mass is 16.6. The number of aliphatic hydroxyl groups is 1. The van der Waals surface area contributed by atoms with Crippen LogP contribution in [0.2, 0.25) is 0 Å². The molecule has 1 aromatic rings. The van der Waals surface area contributed by atoms with Crippen molar-refractivity contribution in [2.75, 3.05) is 46.2 Å². The Bertz CT molecular complexity index is 1020. The molecule has 12 heteroatoms. The van der Waals surface area contributed by atoms with E-state index >= 15 is 0 Å². The minimum absolute atomic E-state index is 0.0215. The van der Waals surface area contributed by atoms with Crippen LogP contribution < -0.4 is 5.32 Å². The second-order valence-electron chi connectivity index (χ2n) is 14.6. The quantitative estimate of drug-likeness (QED) is 0.0494. The van der Waals surface area contributed by atoms with Crippen LogP contribution in [-0.2, 0) is 46.3 Å². The third-order valence-corrected chi connectivity index (χ3v) is 9.46. The van der Waals surface area contributed by atoms with Gasteiger partial charge in [0.2, 0.25) is 5.91 Å². The highest BCUT2D eigenvalue weighted by Crippen LogP contribution is 2.14. The van der Waals surface area contributed by atoms with Gasteiger partial charge in [-0.05, 0) is 12.8 Å². The zero-order valence-corrected chi connectivity index (χ0v) is 34.3. The van der Waals surface area contributed by atoms with Crippen molar-refractivity contribution in [2.45, 2.75) is 193 Å². The molecule has 1 unspecified atom stereocenters. The topological polar surface area (TPSA) is 151 Å². The summed E-state index contributed by atoms with van der Waals surface area (Å²) in [4.78, 5) is 37.7. The fourth-order valence-electron chi connectivity index (χ4n) is 6.22. The van der Waals surface area contributed by atoms with Crippen LogP contribution in [0.1, 0.15) is 180 Å². The Hall–Kier alpha value is -2.57. The van der Waals surface area contributed by atoms with Gasteiger partial charge in [-0.1, -0.05) is 147 Å². The van der Waals surface area contributed by atoms with Gasteiger partial charge in [0.1, 0.15) is 6.61 Å². The van der Waals surface area contributed by atoms with Crippen LogP contribution >= 0.6 is 0 Å². The Labute approximate surface area is 327 Å². The maximum Gasteiger partial charge on any atom is 0.306 e. The van der Waals surface area contributed by atoms with Crippen molar-refractivity contribution in [3.63, 3.8) is 0 Å². The zero-order valence-electron chi connectivity index (χ0n) is 34.3. The van der Waals surface area contributed by atoms with Crippen LogP contribution in [0.25, 0.3) is 0 Å². The highest BCUT2D eigenvalue weighted by Gasteiger charge is 2.19. The minimum Gasteiger partial charge on any atom is -0.462 e. The number of nitrogens with one attached hydrogen (secondary N) is 1. The van der Waals surface area contributed by atoms with Crippen molar-refractivity contribution < 1.29 is 38.4 Å². The van der Waals surface area contributed by atoms with Gasteiger partial charge >= 0.3 is 11.9 Å². The Morgan fingerprint density at radius 2 is 1.17 bits per heavy atom. The molecule has 1 amide bonds. The van der Waals surface area contributed by atoms with Crippen LogP contribution in [0.3, 0.4) is 0 Å². The summed E-state index contributed by atoms with van der Waals surface area (Å²) in [7, 11) is 0. The normalized spacial score (nSPS) is 11.8. The monoisotopic (exact) mass is 767 g/mol. The largest absolute Gasteiger partial charge is 0.462 e. The predicted molar refractivity (Wildman–Crippen MR) is 213 cm³/mol. The van der Waals surface area contributed by atoms with Crippen LogP contribution in [-0.4, -0.2) is 90.2 Å². The average molecular weight is 767 g/mol. The van der Waals surface area contributed by atoms with Crippen molar-refractivity contribution in [3.8, 4) is 0 Å². The number of aliphatic hydroxyl groups excluding tert-OH is 1. The summed E-state index contributed by atoms with van der Waals surface area (Å²) in [6.07, 6.45) is 29.0. The standard InChI is InChI=1S/C42H78N4O8/c1-3-5-7-9-11-13-15-17-19-21-23-25-41(49)53-37-39(54-42(50)26-24-22-20-18-16-14-12-10-8-6-4-2)36-46-35-38(44-45-46)27-28-40(48)43-29-31-51-33-34-52-32-30-47/h35,39,47H,3-34,36-37H2,1-2H3,(H,43,48). The number of carbonyl (C=O) groups excluding carboxylic acids is 3. The van der Waals surface area contributed by atoms with E-state index in [0.29, 0.717) is 51.3 Å². The van der Waals surface area contributed by atoms with E-state index < -0.39 is 6.10 Å². The van der Waals surface area contributed by atoms with Gasteiger partial charge in [0.15, 0.2) is 6.10 Å². The molecular formula is C42H78N4O8. The van der Waals surface area contributed by atoms with Gasteiger partial charge in [0.25, 0.3) is 0 Å². The van der Waals surface area contributed by atoms with Gasteiger partial charge in [-0.3, -0.25) is 14.4 Å². The predicted octanol–water partition coefficient (Wildman–Crippen LogP) is 8.21. The van der Waals surface area contributed by atoms with E-state index in [0.717, 1.165) is 38.5 Å². The number of esters is 2. The second-order valence-corrected chi connectivity index (χ2v) is 14.6. The number of amides is 1. The first kappa shape index (κ1) is 49.4. The summed E-state index contributed by atoms with van der Waals surface area (Å²) >= 11 is 0. The van der Waals surface area contributed by atoms with Gasteiger partial charge in [-0.2, -0.15) is 0 Å². The van der Waals surface area contributed by atoms with Crippen molar-refractivity contribution in [1.82, 2.24) is 20.3 Å². The molecule has 1 heterocycles. The molecule has 1 atom stereocenters. The lowest BCUT2D eigenvalue weighted by atomic mass is 10.1. The number of aryl methyl sites for hydroxylation is 1. The van der Waals surface area contributed by atoms with Gasteiger partial charge in [-0.15, -0.1) is 5.10 Å². The number of hydrogen-bond donors (Lipinski definition) is 2. The second kappa shape index (κ2) is 37.4. The Morgan fingerprint density at radius 3 is 1.70 bits per heavy atom. The van der Waals surface area contributed by atoms with E-state index in [2.05, 4.69) is 29.5 Å². The summed E-state index contributed by atoms with van der Waals surface area (Å²) < 4.78 is 23.5. The molecule has 0 aliphatic heterocycles. The Kier molecular flexibility index (Phi) is 34.2. The number of ether oxygens (including phenoxy) is 4. The van der Waals surface area contributed by atoms with Crippen LogP contribution in [0.5, 0.6) is 0 Å². The van der Waals surface area contributed by atoms with Crippen molar-refractivity contribution in [2.24, 2.45) is 0 Å². The molecule has 12 nitrogen and oxygen atoms in total. The first-order valence-electron chi connectivity index (χ1n) is 21.8. The number of rotatable bonds is 40. The summed E-state index contributed by atoms with van der Waals surface area (Å²) in [5.74, 6) is -0.692. The van der Waals surface area contributed by atoms with Gasteiger partial charge in [0, 0.05) is 38.4 Å². The number of hydrogen-bond acceptors (Lipinski definition) is 10. The Morgan fingerprint density at radius 1 is 0.667 bits per heavy atom. The molecule has 0 spiro atoms. The summed E-state index contributed by atoms with van der Waals surface area (Å²) in [6.45, 7) is 6.46. The van der Waals surface area contributed by atoms with Gasteiger partial charge in [-0.25, -0.2) is 4.68 Å². The van der Waals surface area contributed by atoms with E-state index in [9.17, 15) is 14.4 Å². The smallest absolute Gasteiger partial charge is 0.306 e. The molecule has 0 bridgehead atoms. The molecule has 0 fully saturated rings. The number of unbranched alkanes of at least 4 members (excludes halogenated alkanes) is 20. The third-order valence-electron chi connectivity index (χ3n) is 9.46. The fraction of sp³-hybridized carbons (Fsp3) is 0.881. The van der Waals surface area contributed by atoms with Crippen molar-refractivity contribution in [3.05, 3.63) is 11.9 Å². The highest BCUT2D eigenvalue weighted by molar-refractivity contribution is 5.76. The van der Waals surface area contributed by atoms with E-state index in [-0.39, 0.29) is 50.6 Å². The summed E-state index contributed by atoms with van der Waals surface area (Å²) in [5.41, 5.74) is 0.641. The van der Waals surface area contributed by atoms with Gasteiger partial charge in [0.05, 0.1) is 45.3 Å². The molecule has 1 rings (SSSR count). The lowest BCUT2D eigenvalue weighted by Gasteiger charge is -2.18. The Balaban J connectivity index is 2.44. The van der Waals surface area contributed by atoms with Crippen molar-refractivity contribution >= 4 is 17.8 Å². The molecular weight excluding hydrogens is 688 g/mol. The maximum atomic E-state index is 12.8. The van der Waals surface area contributed by atoms with Crippen LogP contribution in [0, 0.1) is 0 Å². The van der Waals surface area contributed by atoms with E-state index in [1.807, 2.05) is 0 Å². The zero-order chi connectivity index (χ0) is 39.2. The molecule has 0 aliphatic rings. The molecule has 1 aromatic heterocycles. The SMILES string of the molecule is CCCCCCCCCCCCCC(=O)OCC(Cn1cc(CCC(=O)NCCOCCOCCO)nn1)OC(=O)CCCCCCCCCCCCC. The number of nitrogens with zero attached hydrogens (tertiary/aromatic N) is 3. The minimum atomic E-state index is -0.682. The van der Waals surface area contributed by atoms with E-state index in [1.165, 1.54) is 103 Å². The molecule has 0 aliphatic carbocycles. The average Bonchev–Trinajstić information content (AvgIpc) is 3.62. The van der Waals surface area contributed by atoms with Crippen molar-refractivity contribution in [1.29, 1.82) is 0 Å². The summed E-state index contributed by atoms with van der Waals surface area (Å²) in [6, 6.07) is 0. The maximum absolute atomic E-state index is 12.8. The first-order chi connectivity index (χ1) is 26.5. The van der Waals surface area contributed by atoms with E-state index in [4.69, 9.17) is 24.1 Å². The molecule has 54 heavy (non-hydrogen) atoms. The summed E-state index contributed by atoms with van der Waals surface area (Å²) in [5, 5.41) is 19.9.